The molecule has 0 aromatic carbocycles. The van der Waals surface area contributed by atoms with Gasteiger partial charge in [0.25, 0.3) is 0 Å². The van der Waals surface area contributed by atoms with Gasteiger partial charge in [-0.1, -0.05) is 0 Å². The van der Waals surface area contributed by atoms with Crippen molar-refractivity contribution in [2.45, 2.75) is 32.3 Å². The van der Waals surface area contributed by atoms with Crippen LogP contribution in [-0.4, -0.2) is 36.2 Å². The lowest BCUT2D eigenvalue weighted by Gasteiger charge is -2.27. The second kappa shape index (κ2) is 5.04. The van der Waals surface area contributed by atoms with E-state index in [-0.39, 0.29) is 17.9 Å². The Morgan fingerprint density at radius 1 is 1.35 bits per heavy atom. The van der Waals surface area contributed by atoms with E-state index >= 15 is 0 Å². The third-order valence-electron chi connectivity index (χ3n) is 3.60. The SMILES string of the molecule is CC1CC(CNC(=O)C2CC2C(=O)O)CCO1. The third kappa shape index (κ3) is 3.19. The fourth-order valence-corrected chi connectivity index (χ4v) is 2.41. The van der Waals surface area contributed by atoms with E-state index in [0.717, 1.165) is 19.4 Å². The van der Waals surface area contributed by atoms with Crippen LogP contribution in [0.1, 0.15) is 26.2 Å². The Hall–Kier alpha value is -1.10. The molecule has 2 aliphatic rings. The van der Waals surface area contributed by atoms with E-state index < -0.39 is 11.9 Å². The van der Waals surface area contributed by atoms with Gasteiger partial charge in [0.05, 0.1) is 17.9 Å². The quantitative estimate of drug-likeness (QED) is 0.757. The minimum atomic E-state index is -0.857. The Balaban J connectivity index is 1.68. The Morgan fingerprint density at radius 3 is 2.71 bits per heavy atom. The van der Waals surface area contributed by atoms with Crippen LogP contribution in [0.15, 0.2) is 0 Å². The number of rotatable bonds is 4. The molecule has 4 unspecified atom stereocenters. The first kappa shape index (κ1) is 12.4. The molecule has 0 aromatic rings. The number of carboxylic acid groups (broad SMARTS) is 1. The molecule has 5 nitrogen and oxygen atoms in total. The van der Waals surface area contributed by atoms with Crippen LogP contribution in [0.2, 0.25) is 0 Å². The zero-order valence-electron chi connectivity index (χ0n) is 10.0. The minimum Gasteiger partial charge on any atom is -0.481 e. The van der Waals surface area contributed by atoms with E-state index in [9.17, 15) is 9.59 Å². The number of carboxylic acids is 1. The number of hydrogen-bond donors (Lipinski definition) is 2. The number of aliphatic carboxylic acids is 1. The van der Waals surface area contributed by atoms with Crippen molar-refractivity contribution >= 4 is 11.9 Å². The molecule has 1 aliphatic heterocycles. The number of carbonyl (C=O) groups is 2. The Morgan fingerprint density at radius 2 is 2.12 bits per heavy atom. The lowest BCUT2D eigenvalue weighted by atomic mass is 9.96. The molecule has 1 amide bonds. The summed E-state index contributed by atoms with van der Waals surface area (Å²) in [6, 6.07) is 0. The summed E-state index contributed by atoms with van der Waals surface area (Å²) >= 11 is 0. The smallest absolute Gasteiger partial charge is 0.307 e. The summed E-state index contributed by atoms with van der Waals surface area (Å²) in [6.07, 6.45) is 2.69. The highest BCUT2D eigenvalue weighted by atomic mass is 16.5. The molecule has 4 atom stereocenters. The molecule has 1 aliphatic carbocycles. The fraction of sp³-hybridized carbons (Fsp3) is 0.833. The second-order valence-electron chi connectivity index (χ2n) is 5.10. The number of carbonyl (C=O) groups excluding carboxylic acids is 1. The molecule has 2 N–H and O–H groups in total. The standard InChI is InChI=1S/C12H19NO4/c1-7-4-8(2-3-17-7)6-13-11(14)9-5-10(9)12(15)16/h7-10H,2-6H2,1H3,(H,13,14)(H,15,16). The van der Waals surface area contributed by atoms with Crippen LogP contribution >= 0.6 is 0 Å². The average Bonchev–Trinajstić information content (AvgIpc) is 3.06. The number of ether oxygens (including phenoxy) is 1. The van der Waals surface area contributed by atoms with Gasteiger partial charge in [0.15, 0.2) is 0 Å². The monoisotopic (exact) mass is 241 g/mol. The van der Waals surface area contributed by atoms with Crippen molar-refractivity contribution in [1.29, 1.82) is 0 Å². The molecule has 1 saturated heterocycles. The Bertz CT molecular complexity index is 318. The van der Waals surface area contributed by atoms with E-state index in [1.54, 1.807) is 0 Å². The van der Waals surface area contributed by atoms with Gasteiger partial charge in [-0.05, 0) is 32.1 Å². The minimum absolute atomic E-state index is 0.100. The van der Waals surface area contributed by atoms with Crippen LogP contribution in [0.4, 0.5) is 0 Å². The molecular formula is C12H19NO4. The van der Waals surface area contributed by atoms with Crippen molar-refractivity contribution < 1.29 is 19.4 Å². The van der Waals surface area contributed by atoms with Crippen molar-refractivity contribution in [3.8, 4) is 0 Å². The highest BCUT2D eigenvalue weighted by Crippen LogP contribution is 2.38. The van der Waals surface area contributed by atoms with Gasteiger partial charge in [0, 0.05) is 13.2 Å². The first-order valence-corrected chi connectivity index (χ1v) is 6.20. The van der Waals surface area contributed by atoms with Crippen molar-refractivity contribution in [1.82, 2.24) is 5.32 Å². The van der Waals surface area contributed by atoms with Gasteiger partial charge < -0.3 is 15.2 Å². The highest BCUT2D eigenvalue weighted by Gasteiger charge is 2.48. The zero-order valence-corrected chi connectivity index (χ0v) is 10.0. The Kier molecular flexibility index (Phi) is 3.66. The Labute approximate surface area is 101 Å². The lowest BCUT2D eigenvalue weighted by Crippen LogP contribution is -2.35. The van der Waals surface area contributed by atoms with E-state index in [4.69, 9.17) is 9.84 Å². The van der Waals surface area contributed by atoms with Crippen LogP contribution in [0.5, 0.6) is 0 Å². The van der Waals surface area contributed by atoms with Crippen LogP contribution in [0.25, 0.3) is 0 Å². The molecule has 0 radical (unpaired) electrons. The predicted octanol–water partition coefficient (Wildman–Crippen LogP) is 0.638. The molecule has 0 aromatic heterocycles. The van der Waals surface area contributed by atoms with Gasteiger partial charge in [-0.25, -0.2) is 0 Å². The largest absolute Gasteiger partial charge is 0.481 e. The highest BCUT2D eigenvalue weighted by molar-refractivity contribution is 5.89. The van der Waals surface area contributed by atoms with Gasteiger partial charge in [-0.2, -0.15) is 0 Å². The lowest BCUT2D eigenvalue weighted by molar-refractivity contribution is -0.140. The second-order valence-corrected chi connectivity index (χ2v) is 5.10. The molecule has 2 fully saturated rings. The summed E-state index contributed by atoms with van der Waals surface area (Å²) in [5.41, 5.74) is 0. The first-order valence-electron chi connectivity index (χ1n) is 6.20. The molecule has 2 rings (SSSR count). The number of hydrogen-bond acceptors (Lipinski definition) is 3. The van der Waals surface area contributed by atoms with Crippen LogP contribution in [0, 0.1) is 17.8 Å². The third-order valence-corrected chi connectivity index (χ3v) is 3.60. The van der Waals surface area contributed by atoms with Gasteiger partial charge in [0.2, 0.25) is 5.91 Å². The van der Waals surface area contributed by atoms with Crippen molar-refractivity contribution in [3.05, 3.63) is 0 Å². The van der Waals surface area contributed by atoms with Crippen molar-refractivity contribution in [2.24, 2.45) is 17.8 Å². The maximum Gasteiger partial charge on any atom is 0.307 e. The molecule has 5 heteroatoms. The summed E-state index contributed by atoms with van der Waals surface area (Å²) in [7, 11) is 0. The number of amides is 1. The van der Waals surface area contributed by atoms with Gasteiger partial charge in [-0.3, -0.25) is 9.59 Å². The normalized spacial score (nSPS) is 36.3. The van der Waals surface area contributed by atoms with Gasteiger partial charge in [-0.15, -0.1) is 0 Å². The summed E-state index contributed by atoms with van der Waals surface area (Å²) in [4.78, 5) is 22.3. The van der Waals surface area contributed by atoms with Crippen LogP contribution in [-0.2, 0) is 14.3 Å². The van der Waals surface area contributed by atoms with E-state index in [2.05, 4.69) is 5.32 Å². The van der Waals surface area contributed by atoms with Crippen molar-refractivity contribution in [3.63, 3.8) is 0 Å². The molecule has 0 bridgehead atoms. The number of nitrogens with one attached hydrogen (secondary N) is 1. The molecule has 1 saturated carbocycles. The van der Waals surface area contributed by atoms with Crippen LogP contribution < -0.4 is 5.32 Å². The van der Waals surface area contributed by atoms with E-state index in [0.29, 0.717) is 18.9 Å². The van der Waals surface area contributed by atoms with E-state index in [1.165, 1.54) is 0 Å². The summed E-state index contributed by atoms with van der Waals surface area (Å²) in [5, 5.41) is 11.6. The summed E-state index contributed by atoms with van der Waals surface area (Å²) in [5.74, 6) is -1.25. The molecular weight excluding hydrogens is 222 g/mol. The van der Waals surface area contributed by atoms with Crippen molar-refractivity contribution in [2.75, 3.05) is 13.2 Å². The van der Waals surface area contributed by atoms with Gasteiger partial charge in [0.1, 0.15) is 0 Å². The topological polar surface area (TPSA) is 75.6 Å². The summed E-state index contributed by atoms with van der Waals surface area (Å²) < 4.78 is 5.43. The summed E-state index contributed by atoms with van der Waals surface area (Å²) in [6.45, 7) is 3.44. The van der Waals surface area contributed by atoms with Crippen LogP contribution in [0.3, 0.4) is 0 Å². The van der Waals surface area contributed by atoms with Gasteiger partial charge >= 0.3 is 5.97 Å². The molecule has 96 valence electrons. The molecule has 0 spiro atoms. The predicted molar refractivity (Wildman–Crippen MR) is 60.4 cm³/mol. The zero-order chi connectivity index (χ0) is 12.4. The molecule has 1 heterocycles. The maximum absolute atomic E-state index is 11.6. The van der Waals surface area contributed by atoms with E-state index in [1.807, 2.05) is 6.92 Å². The fourth-order valence-electron chi connectivity index (χ4n) is 2.41. The first-order chi connectivity index (χ1) is 8.08. The molecule has 17 heavy (non-hydrogen) atoms. The maximum atomic E-state index is 11.6. The average molecular weight is 241 g/mol.